The summed E-state index contributed by atoms with van der Waals surface area (Å²) in [5, 5.41) is 15.2. The highest BCUT2D eigenvalue weighted by Crippen LogP contribution is 2.30. The van der Waals surface area contributed by atoms with E-state index in [0.717, 1.165) is 18.9 Å². The van der Waals surface area contributed by atoms with Crippen LogP contribution in [0, 0.1) is 17.0 Å². The number of hydrazone groups is 1. The third kappa shape index (κ3) is 3.75. The Hall–Kier alpha value is -2.72. The molecule has 3 rings (SSSR count). The first kappa shape index (κ1) is 18.1. The molecule has 2 heterocycles. The lowest BCUT2D eigenvalue weighted by atomic mass is 10.3. The Morgan fingerprint density at radius 3 is 2.62 bits per heavy atom. The molecule has 0 radical (unpaired) electrons. The van der Waals surface area contributed by atoms with Crippen LogP contribution < -0.4 is 5.43 Å². The second-order valence-corrected chi connectivity index (χ2v) is 7.80. The molecule has 0 aliphatic carbocycles. The average molecular weight is 378 g/mol. The summed E-state index contributed by atoms with van der Waals surface area (Å²) < 4.78 is 31.8. The van der Waals surface area contributed by atoms with Gasteiger partial charge in [0.25, 0.3) is 5.69 Å². The van der Waals surface area contributed by atoms with Gasteiger partial charge in [0.2, 0.25) is 10.0 Å². The summed E-state index contributed by atoms with van der Waals surface area (Å²) in [6.45, 7) is 2.65. The first-order valence-electron chi connectivity index (χ1n) is 8.02. The van der Waals surface area contributed by atoms with Crippen LogP contribution in [0.15, 0.2) is 44.7 Å². The molecule has 0 amide bonds. The van der Waals surface area contributed by atoms with E-state index in [1.54, 1.807) is 19.1 Å². The monoisotopic (exact) mass is 378 g/mol. The van der Waals surface area contributed by atoms with Crippen LogP contribution in [-0.4, -0.2) is 37.0 Å². The number of nitro benzene ring substituents is 1. The highest BCUT2D eigenvalue weighted by atomic mass is 32.2. The molecular weight excluding hydrogens is 360 g/mol. The fourth-order valence-corrected chi connectivity index (χ4v) is 4.22. The highest BCUT2D eigenvalue weighted by molar-refractivity contribution is 7.89. The van der Waals surface area contributed by atoms with Crippen LogP contribution in [0.4, 0.5) is 11.4 Å². The second kappa shape index (κ2) is 7.26. The smallest absolute Gasteiger partial charge is 0.295 e. The molecule has 1 aliphatic rings. The first-order valence-corrected chi connectivity index (χ1v) is 9.46. The lowest BCUT2D eigenvalue weighted by molar-refractivity contribution is -0.384. The molecule has 0 spiro atoms. The topological polar surface area (TPSA) is 118 Å². The maximum absolute atomic E-state index is 12.6. The Balaban J connectivity index is 1.85. The van der Waals surface area contributed by atoms with Crippen molar-refractivity contribution < 1.29 is 17.8 Å². The second-order valence-electron chi connectivity index (χ2n) is 5.87. The van der Waals surface area contributed by atoms with Gasteiger partial charge in [-0.05, 0) is 44.0 Å². The van der Waals surface area contributed by atoms with Crippen molar-refractivity contribution in [2.24, 2.45) is 5.10 Å². The van der Waals surface area contributed by atoms with Gasteiger partial charge in [0, 0.05) is 19.2 Å². The van der Waals surface area contributed by atoms with Gasteiger partial charge in [-0.1, -0.05) is 0 Å². The Morgan fingerprint density at radius 2 is 2.00 bits per heavy atom. The number of furan rings is 1. The van der Waals surface area contributed by atoms with Crippen molar-refractivity contribution in [2.75, 3.05) is 18.5 Å². The number of nitrogens with zero attached hydrogens (tertiary/aromatic N) is 3. The van der Waals surface area contributed by atoms with Crippen LogP contribution in [-0.2, 0) is 10.0 Å². The van der Waals surface area contributed by atoms with Crippen molar-refractivity contribution in [1.29, 1.82) is 0 Å². The largest absolute Gasteiger partial charge is 0.460 e. The number of sulfonamides is 1. The van der Waals surface area contributed by atoms with Gasteiger partial charge in [-0.2, -0.15) is 9.41 Å². The van der Waals surface area contributed by atoms with E-state index in [1.807, 2.05) is 0 Å². The van der Waals surface area contributed by atoms with Gasteiger partial charge < -0.3 is 4.42 Å². The Labute approximate surface area is 150 Å². The fraction of sp³-hybridized carbons (Fsp3) is 0.312. The number of anilines is 1. The minimum Gasteiger partial charge on any atom is -0.460 e. The number of hydrogen-bond acceptors (Lipinski definition) is 7. The predicted molar refractivity (Wildman–Crippen MR) is 95.8 cm³/mol. The van der Waals surface area contributed by atoms with Crippen LogP contribution in [0.3, 0.4) is 0 Å². The van der Waals surface area contributed by atoms with Crippen LogP contribution in [0.2, 0.25) is 0 Å². The molecule has 0 saturated carbocycles. The Morgan fingerprint density at radius 1 is 1.27 bits per heavy atom. The predicted octanol–water partition coefficient (Wildman–Crippen LogP) is 2.73. The van der Waals surface area contributed by atoms with Gasteiger partial charge in [0.1, 0.15) is 17.2 Å². The van der Waals surface area contributed by atoms with E-state index in [9.17, 15) is 18.5 Å². The maximum Gasteiger partial charge on any atom is 0.295 e. The van der Waals surface area contributed by atoms with E-state index >= 15 is 0 Å². The number of hydrogen-bond donors (Lipinski definition) is 1. The fourth-order valence-electron chi connectivity index (χ4n) is 2.68. The van der Waals surface area contributed by atoms with Crippen molar-refractivity contribution in [3.8, 4) is 0 Å². The summed E-state index contributed by atoms with van der Waals surface area (Å²) in [5.41, 5.74) is 2.29. The lowest BCUT2D eigenvalue weighted by Gasteiger charge is -2.15. The van der Waals surface area contributed by atoms with Crippen molar-refractivity contribution in [3.63, 3.8) is 0 Å². The zero-order valence-corrected chi connectivity index (χ0v) is 14.9. The normalized spacial score (nSPS) is 15.6. The summed E-state index contributed by atoms with van der Waals surface area (Å²) in [6, 6.07) is 7.21. The molecule has 138 valence electrons. The zero-order valence-electron chi connectivity index (χ0n) is 14.1. The third-order valence-corrected chi connectivity index (χ3v) is 5.90. The van der Waals surface area contributed by atoms with Crippen molar-refractivity contribution in [3.05, 3.63) is 52.0 Å². The summed E-state index contributed by atoms with van der Waals surface area (Å²) in [4.78, 5) is 10.6. The van der Waals surface area contributed by atoms with Crippen molar-refractivity contribution in [2.45, 2.75) is 24.7 Å². The third-order valence-electron chi connectivity index (χ3n) is 4.01. The van der Waals surface area contributed by atoms with Gasteiger partial charge in [-0.3, -0.25) is 15.5 Å². The maximum atomic E-state index is 12.6. The molecule has 1 aromatic carbocycles. The number of aryl methyl sites for hydroxylation is 1. The molecule has 9 nitrogen and oxygen atoms in total. The van der Waals surface area contributed by atoms with Crippen molar-refractivity contribution in [1.82, 2.24) is 4.31 Å². The van der Waals surface area contributed by atoms with E-state index in [1.165, 1.54) is 22.7 Å². The molecular formula is C16H18N4O5S. The first-order chi connectivity index (χ1) is 12.4. The van der Waals surface area contributed by atoms with Gasteiger partial charge >= 0.3 is 0 Å². The molecule has 1 fully saturated rings. The SMILES string of the molecule is Cc1ccc(/C=N/Nc2ccc(S(=O)(=O)N3CCCC3)cc2[N+](=O)[O-])o1. The van der Waals surface area contributed by atoms with Gasteiger partial charge in [-0.15, -0.1) is 0 Å². The lowest BCUT2D eigenvalue weighted by Crippen LogP contribution is -2.27. The summed E-state index contributed by atoms with van der Waals surface area (Å²) >= 11 is 0. The van der Waals surface area contributed by atoms with Crippen molar-refractivity contribution >= 4 is 27.6 Å². The average Bonchev–Trinajstić information content (AvgIpc) is 3.27. The summed E-state index contributed by atoms with van der Waals surface area (Å²) in [6.07, 6.45) is 2.97. The van der Waals surface area contributed by atoms with E-state index in [0.29, 0.717) is 24.6 Å². The van der Waals surface area contributed by atoms with E-state index in [-0.39, 0.29) is 16.3 Å². The molecule has 10 heteroatoms. The van der Waals surface area contributed by atoms with E-state index < -0.39 is 14.9 Å². The summed E-state index contributed by atoms with van der Waals surface area (Å²) in [5.74, 6) is 1.21. The van der Waals surface area contributed by atoms with Gasteiger partial charge in [-0.25, -0.2) is 8.42 Å². The van der Waals surface area contributed by atoms with E-state index in [2.05, 4.69) is 10.5 Å². The number of benzene rings is 1. The van der Waals surface area contributed by atoms with Gasteiger partial charge in [0.15, 0.2) is 0 Å². The van der Waals surface area contributed by atoms with Crippen LogP contribution >= 0.6 is 0 Å². The molecule has 26 heavy (non-hydrogen) atoms. The minimum absolute atomic E-state index is 0.0925. The van der Waals surface area contributed by atoms with Crippen LogP contribution in [0.1, 0.15) is 24.4 Å². The van der Waals surface area contributed by atoms with E-state index in [4.69, 9.17) is 4.42 Å². The minimum atomic E-state index is -3.72. The standard InChI is InChI=1S/C16H18N4O5S/c1-12-4-5-13(25-12)11-17-18-15-7-6-14(10-16(15)20(21)22)26(23,24)19-8-2-3-9-19/h4-7,10-11,18H,2-3,8-9H2,1H3/b17-11+. The molecule has 0 bridgehead atoms. The highest BCUT2D eigenvalue weighted by Gasteiger charge is 2.29. The quantitative estimate of drug-likeness (QED) is 0.469. The molecule has 1 aliphatic heterocycles. The van der Waals surface area contributed by atoms with Gasteiger partial charge in [0.05, 0.1) is 16.0 Å². The van der Waals surface area contributed by atoms with Crippen LogP contribution in [0.5, 0.6) is 0 Å². The zero-order chi connectivity index (χ0) is 18.7. The molecule has 1 aromatic heterocycles. The Bertz CT molecular complexity index is 945. The number of nitrogens with one attached hydrogen (secondary N) is 1. The molecule has 0 atom stereocenters. The molecule has 0 unspecified atom stereocenters. The molecule has 1 N–H and O–H groups in total. The molecule has 2 aromatic rings. The summed E-state index contributed by atoms with van der Waals surface area (Å²) in [7, 11) is -3.72. The number of rotatable bonds is 6. The van der Waals surface area contributed by atoms with Crippen LogP contribution in [0.25, 0.3) is 0 Å². The molecule has 1 saturated heterocycles. The number of nitro groups is 1. The Kier molecular flexibility index (Phi) is 5.05.